The molecule has 0 N–H and O–H groups in total. The van der Waals surface area contributed by atoms with Crippen LogP contribution in [0.15, 0.2) is 9.42 Å². The number of likely N-dealkylation sites (tertiary alicyclic amines) is 1. The van der Waals surface area contributed by atoms with E-state index >= 15 is 0 Å². The van der Waals surface area contributed by atoms with Crippen molar-refractivity contribution >= 4 is 15.9 Å². The molecule has 2 fully saturated rings. The van der Waals surface area contributed by atoms with Gasteiger partial charge in [0, 0.05) is 26.7 Å². The summed E-state index contributed by atoms with van der Waals surface area (Å²) in [5.41, 5.74) is -0.190. The van der Waals surface area contributed by atoms with Crippen molar-refractivity contribution in [2.24, 2.45) is 5.41 Å². The average molecular weight is 327 g/mol. The molecular weight excluding hydrogens is 306 g/mol. The van der Waals surface area contributed by atoms with Gasteiger partial charge in [-0.25, -0.2) is 8.42 Å². The summed E-state index contributed by atoms with van der Waals surface area (Å²) in [5.74, 6) is 0.362. The maximum absolute atomic E-state index is 12.9. The quantitative estimate of drug-likeness (QED) is 0.807. The lowest BCUT2D eigenvalue weighted by molar-refractivity contribution is -0.143. The minimum Gasteiger partial charge on any atom is -0.360 e. The van der Waals surface area contributed by atoms with Crippen LogP contribution in [0.25, 0.3) is 0 Å². The van der Waals surface area contributed by atoms with Gasteiger partial charge in [0.15, 0.2) is 5.76 Å². The number of aryl methyl sites for hydroxylation is 2. The Morgan fingerprint density at radius 1 is 1.23 bits per heavy atom. The van der Waals surface area contributed by atoms with Crippen molar-refractivity contribution in [2.75, 3.05) is 26.7 Å². The van der Waals surface area contributed by atoms with E-state index in [0.717, 1.165) is 19.4 Å². The molecule has 8 heteroatoms. The van der Waals surface area contributed by atoms with Crippen LogP contribution in [0, 0.1) is 19.3 Å². The van der Waals surface area contributed by atoms with Gasteiger partial charge in [0.25, 0.3) is 0 Å². The van der Waals surface area contributed by atoms with Gasteiger partial charge in [0.1, 0.15) is 10.6 Å². The number of rotatable bonds is 2. The van der Waals surface area contributed by atoms with Crippen LogP contribution in [0.2, 0.25) is 0 Å². The first-order valence-electron chi connectivity index (χ1n) is 7.46. The van der Waals surface area contributed by atoms with Crippen LogP contribution in [0.5, 0.6) is 0 Å². The Labute approximate surface area is 130 Å². The van der Waals surface area contributed by atoms with E-state index in [0.29, 0.717) is 24.4 Å². The van der Waals surface area contributed by atoms with E-state index in [4.69, 9.17) is 4.52 Å². The predicted octanol–water partition coefficient (Wildman–Crippen LogP) is 0.924. The molecule has 0 aliphatic carbocycles. The van der Waals surface area contributed by atoms with Gasteiger partial charge in [0.05, 0.1) is 5.41 Å². The van der Waals surface area contributed by atoms with E-state index in [1.165, 1.54) is 4.31 Å². The van der Waals surface area contributed by atoms with E-state index in [1.807, 2.05) is 0 Å². The second-order valence-corrected chi connectivity index (χ2v) is 8.23. The molecule has 3 heterocycles. The number of carbonyl (C=O) groups excluding carboxylic acids is 1. The van der Waals surface area contributed by atoms with Gasteiger partial charge in [-0.2, -0.15) is 4.31 Å². The van der Waals surface area contributed by atoms with Gasteiger partial charge >= 0.3 is 0 Å². The topological polar surface area (TPSA) is 83.7 Å². The molecule has 1 spiro atoms. The number of aromatic nitrogens is 1. The molecule has 2 saturated heterocycles. The second-order valence-electron chi connectivity index (χ2n) is 6.35. The third-order valence-corrected chi connectivity index (χ3v) is 6.92. The van der Waals surface area contributed by atoms with Crippen molar-refractivity contribution in [3.05, 3.63) is 11.5 Å². The highest BCUT2D eigenvalue weighted by Crippen LogP contribution is 2.42. The normalized spacial score (nSPS) is 27.0. The van der Waals surface area contributed by atoms with E-state index in [1.54, 1.807) is 25.8 Å². The molecule has 122 valence electrons. The van der Waals surface area contributed by atoms with Crippen LogP contribution in [0.4, 0.5) is 0 Å². The maximum Gasteiger partial charge on any atom is 0.248 e. The minimum atomic E-state index is -3.67. The lowest BCUT2D eigenvalue weighted by Crippen LogP contribution is -2.48. The first-order valence-corrected chi connectivity index (χ1v) is 8.90. The van der Waals surface area contributed by atoms with Crippen molar-refractivity contribution in [2.45, 2.75) is 38.0 Å². The van der Waals surface area contributed by atoms with Gasteiger partial charge < -0.3 is 9.42 Å². The standard InChI is InChI=1S/C14H21N3O4S/c1-10-12(11(2)21-15-10)22(19,20)17-8-6-14(9-17)5-4-7-16(3)13(14)18/h4-9H2,1-3H3. The van der Waals surface area contributed by atoms with Gasteiger partial charge in [-0.05, 0) is 33.1 Å². The van der Waals surface area contributed by atoms with E-state index in [9.17, 15) is 13.2 Å². The lowest BCUT2D eigenvalue weighted by atomic mass is 9.78. The number of piperidine rings is 1. The van der Waals surface area contributed by atoms with Gasteiger partial charge in [-0.1, -0.05) is 5.16 Å². The van der Waals surface area contributed by atoms with Crippen molar-refractivity contribution in [1.82, 2.24) is 14.4 Å². The van der Waals surface area contributed by atoms with E-state index < -0.39 is 15.4 Å². The summed E-state index contributed by atoms with van der Waals surface area (Å²) in [5, 5.41) is 3.73. The third-order valence-electron chi connectivity index (χ3n) is 4.83. The van der Waals surface area contributed by atoms with Crippen molar-refractivity contribution in [3.8, 4) is 0 Å². The van der Waals surface area contributed by atoms with Gasteiger partial charge in [-0.15, -0.1) is 0 Å². The molecule has 2 aliphatic rings. The summed E-state index contributed by atoms with van der Waals surface area (Å²) >= 11 is 0. The molecule has 3 rings (SSSR count). The number of amides is 1. The Bertz CT molecular complexity index is 692. The maximum atomic E-state index is 12.9. The van der Waals surface area contributed by atoms with Crippen LogP contribution >= 0.6 is 0 Å². The zero-order valence-electron chi connectivity index (χ0n) is 13.1. The number of hydrogen-bond donors (Lipinski definition) is 0. The molecule has 0 radical (unpaired) electrons. The Morgan fingerprint density at radius 2 is 1.95 bits per heavy atom. The fraction of sp³-hybridized carbons (Fsp3) is 0.714. The number of nitrogens with zero attached hydrogens (tertiary/aromatic N) is 3. The van der Waals surface area contributed by atoms with Gasteiger partial charge in [0.2, 0.25) is 15.9 Å². The molecule has 0 saturated carbocycles. The van der Waals surface area contributed by atoms with Crippen LogP contribution in [-0.2, 0) is 14.8 Å². The molecule has 1 aromatic heterocycles. The van der Waals surface area contributed by atoms with Crippen molar-refractivity contribution in [3.63, 3.8) is 0 Å². The first-order chi connectivity index (χ1) is 10.3. The van der Waals surface area contributed by atoms with Crippen LogP contribution in [-0.4, -0.2) is 55.4 Å². The molecule has 1 atom stereocenters. The molecule has 2 aliphatic heterocycles. The van der Waals surface area contributed by atoms with Crippen LogP contribution in [0.1, 0.15) is 30.7 Å². The van der Waals surface area contributed by atoms with Gasteiger partial charge in [-0.3, -0.25) is 4.79 Å². The van der Waals surface area contributed by atoms with Crippen molar-refractivity contribution in [1.29, 1.82) is 0 Å². The first kappa shape index (κ1) is 15.5. The zero-order valence-corrected chi connectivity index (χ0v) is 13.9. The highest BCUT2D eigenvalue weighted by Gasteiger charge is 2.51. The number of carbonyl (C=O) groups is 1. The molecular formula is C14H21N3O4S. The fourth-order valence-corrected chi connectivity index (χ4v) is 5.48. The Kier molecular flexibility index (Phi) is 3.56. The van der Waals surface area contributed by atoms with Crippen LogP contribution < -0.4 is 0 Å². The zero-order chi connectivity index (χ0) is 16.1. The highest BCUT2D eigenvalue weighted by molar-refractivity contribution is 7.89. The average Bonchev–Trinajstić information content (AvgIpc) is 3.02. The molecule has 1 aromatic rings. The van der Waals surface area contributed by atoms with E-state index in [-0.39, 0.29) is 17.3 Å². The third kappa shape index (κ3) is 2.16. The molecule has 0 aromatic carbocycles. The predicted molar refractivity (Wildman–Crippen MR) is 78.7 cm³/mol. The highest BCUT2D eigenvalue weighted by atomic mass is 32.2. The minimum absolute atomic E-state index is 0.0650. The number of sulfonamides is 1. The van der Waals surface area contributed by atoms with Crippen molar-refractivity contribution < 1.29 is 17.7 Å². The monoisotopic (exact) mass is 327 g/mol. The Hall–Kier alpha value is -1.41. The summed E-state index contributed by atoms with van der Waals surface area (Å²) in [6.07, 6.45) is 2.25. The second kappa shape index (κ2) is 5.06. The molecule has 0 bridgehead atoms. The Balaban J connectivity index is 1.91. The Morgan fingerprint density at radius 3 is 2.59 bits per heavy atom. The summed E-state index contributed by atoms with van der Waals surface area (Å²) in [6.45, 7) is 4.58. The van der Waals surface area contributed by atoms with E-state index in [2.05, 4.69) is 5.16 Å². The molecule has 1 unspecified atom stereocenters. The molecule has 22 heavy (non-hydrogen) atoms. The van der Waals surface area contributed by atoms with Crippen LogP contribution in [0.3, 0.4) is 0 Å². The summed E-state index contributed by atoms with van der Waals surface area (Å²) in [6, 6.07) is 0. The summed E-state index contributed by atoms with van der Waals surface area (Å²) in [4.78, 5) is 14.4. The number of hydrogen-bond acceptors (Lipinski definition) is 5. The molecule has 1 amide bonds. The lowest BCUT2D eigenvalue weighted by Gasteiger charge is -2.37. The largest absolute Gasteiger partial charge is 0.360 e. The smallest absolute Gasteiger partial charge is 0.248 e. The summed E-state index contributed by atoms with van der Waals surface area (Å²) in [7, 11) is -1.88. The molecule has 7 nitrogen and oxygen atoms in total. The fourth-order valence-electron chi connectivity index (χ4n) is 3.66. The SMILES string of the molecule is Cc1noc(C)c1S(=O)(=O)N1CCC2(CCCN(C)C2=O)C1. The summed E-state index contributed by atoms with van der Waals surface area (Å²) < 4.78 is 32.1.